The summed E-state index contributed by atoms with van der Waals surface area (Å²) in [6.07, 6.45) is 3.26. The molecule has 0 aliphatic heterocycles. The summed E-state index contributed by atoms with van der Waals surface area (Å²) in [6.45, 7) is 16.3. The summed E-state index contributed by atoms with van der Waals surface area (Å²) in [6, 6.07) is 21.2. The smallest absolute Gasteiger partial charge is 0.224 e. The molecule has 0 bridgehead atoms. The molecule has 0 spiro atoms. The van der Waals surface area contributed by atoms with Crippen molar-refractivity contribution in [3.8, 4) is 0 Å². The number of hydrogen-bond donors (Lipinski definition) is 0. The van der Waals surface area contributed by atoms with Crippen molar-refractivity contribution in [2.45, 2.75) is 60.8 Å². The number of nitrogens with zero attached hydrogens (tertiary/aromatic N) is 2. The molecule has 2 nitrogen and oxygen atoms in total. The number of fused-ring (bicyclic) bond motifs is 7. The molecule has 2 heteroatoms. The predicted molar refractivity (Wildman–Crippen MR) is 164 cm³/mol. The Morgan fingerprint density at radius 2 is 1.53 bits per heavy atom. The van der Waals surface area contributed by atoms with E-state index in [1.807, 2.05) is 0 Å². The molecule has 7 rings (SSSR count). The van der Waals surface area contributed by atoms with E-state index in [0.29, 0.717) is 5.92 Å². The van der Waals surface area contributed by atoms with Gasteiger partial charge in [-0.15, -0.1) is 0 Å². The summed E-state index contributed by atoms with van der Waals surface area (Å²) in [4.78, 5) is 0. The first-order valence-electron chi connectivity index (χ1n) is 14.0. The van der Waals surface area contributed by atoms with Crippen LogP contribution in [-0.2, 0) is 13.5 Å². The van der Waals surface area contributed by atoms with Crippen molar-refractivity contribution in [3.05, 3.63) is 83.0 Å². The van der Waals surface area contributed by atoms with E-state index in [4.69, 9.17) is 0 Å². The molecule has 0 aliphatic carbocycles. The number of rotatable bonds is 2. The minimum atomic E-state index is 0.150. The summed E-state index contributed by atoms with van der Waals surface area (Å²) in [5.41, 5.74) is 11.1. The molecule has 3 aromatic heterocycles. The molecule has 0 unspecified atom stereocenters. The maximum atomic E-state index is 2.65. The Morgan fingerprint density at radius 3 is 2.26 bits per heavy atom. The fourth-order valence-electron chi connectivity index (χ4n) is 6.93. The Balaban J connectivity index is 1.91. The maximum absolute atomic E-state index is 2.65. The highest BCUT2D eigenvalue weighted by molar-refractivity contribution is 6.29. The third-order valence-corrected chi connectivity index (χ3v) is 8.69. The first-order chi connectivity index (χ1) is 18.0. The third kappa shape index (κ3) is 3.10. The van der Waals surface area contributed by atoms with Crippen LogP contribution in [0, 0.1) is 19.3 Å². The summed E-state index contributed by atoms with van der Waals surface area (Å²) in [5, 5.41) is 9.55. The van der Waals surface area contributed by atoms with E-state index in [1.165, 1.54) is 82.0 Å². The van der Waals surface area contributed by atoms with Crippen LogP contribution in [0.1, 0.15) is 62.8 Å². The quantitative estimate of drug-likeness (QED) is 0.128. The van der Waals surface area contributed by atoms with E-state index in [1.54, 1.807) is 0 Å². The lowest BCUT2D eigenvalue weighted by atomic mass is 9.83. The molecule has 0 amide bonds. The van der Waals surface area contributed by atoms with Crippen LogP contribution in [0.3, 0.4) is 0 Å². The molecule has 4 aromatic carbocycles. The van der Waals surface area contributed by atoms with Gasteiger partial charge in [0.15, 0.2) is 6.20 Å². The second-order valence-corrected chi connectivity index (χ2v) is 13.1. The molecule has 3 heterocycles. The van der Waals surface area contributed by atoms with Crippen LogP contribution >= 0.6 is 0 Å². The molecular formula is C36H37N2+. The fraction of sp³-hybridized carbons (Fsp3) is 0.306. The zero-order valence-corrected chi connectivity index (χ0v) is 24.0. The molecule has 0 atom stereocenters. The Labute approximate surface area is 224 Å². The van der Waals surface area contributed by atoms with E-state index in [2.05, 4.69) is 125 Å². The van der Waals surface area contributed by atoms with Gasteiger partial charge in [-0.25, -0.2) is 4.57 Å². The van der Waals surface area contributed by atoms with Crippen molar-refractivity contribution >= 4 is 59.8 Å². The van der Waals surface area contributed by atoms with Gasteiger partial charge >= 0.3 is 0 Å². The minimum Gasteiger partial charge on any atom is -0.307 e. The Hall–Kier alpha value is -3.65. The average Bonchev–Trinajstić information content (AvgIpc) is 3.20. The van der Waals surface area contributed by atoms with Crippen LogP contribution in [-0.4, -0.2) is 4.40 Å². The Bertz CT molecular complexity index is 2080. The van der Waals surface area contributed by atoms with E-state index in [9.17, 15) is 0 Å². The number of pyridine rings is 2. The highest BCUT2D eigenvalue weighted by atomic mass is 15.0. The molecule has 7 aromatic rings. The van der Waals surface area contributed by atoms with Crippen LogP contribution in [0.2, 0.25) is 0 Å². The van der Waals surface area contributed by atoms with Crippen molar-refractivity contribution in [2.75, 3.05) is 0 Å². The molecule has 0 radical (unpaired) electrons. The van der Waals surface area contributed by atoms with Gasteiger partial charge in [-0.05, 0) is 70.5 Å². The van der Waals surface area contributed by atoms with Gasteiger partial charge in [0.25, 0.3) is 0 Å². The summed E-state index contributed by atoms with van der Waals surface area (Å²) in [5.74, 6) is 0.480. The second kappa shape index (κ2) is 7.69. The second-order valence-electron chi connectivity index (χ2n) is 13.1. The topological polar surface area (TPSA) is 8.29 Å². The SMILES string of the molecule is Cc1ccc2c(CC(C)(C)C)c3c(c(C)c2c1)c1c2c(ccc4c5ccc(C(C)C)cc5n3c42)cc[n+]1C. The molecule has 0 aliphatic rings. The first kappa shape index (κ1) is 23.5. The van der Waals surface area contributed by atoms with Crippen LogP contribution in [0.25, 0.3) is 59.8 Å². The van der Waals surface area contributed by atoms with Gasteiger partial charge in [-0.1, -0.05) is 82.6 Å². The highest BCUT2D eigenvalue weighted by Gasteiger charge is 2.28. The van der Waals surface area contributed by atoms with E-state index in [-0.39, 0.29) is 5.41 Å². The van der Waals surface area contributed by atoms with Crippen LogP contribution < -0.4 is 4.57 Å². The summed E-state index contributed by atoms with van der Waals surface area (Å²) < 4.78 is 5.01. The molecule has 0 saturated carbocycles. The molecule has 0 fully saturated rings. The zero-order chi connectivity index (χ0) is 26.7. The Morgan fingerprint density at radius 1 is 0.789 bits per heavy atom. The van der Waals surface area contributed by atoms with Gasteiger partial charge in [-0.2, -0.15) is 0 Å². The molecule has 38 heavy (non-hydrogen) atoms. The van der Waals surface area contributed by atoms with Crippen molar-refractivity contribution in [1.29, 1.82) is 0 Å². The summed E-state index contributed by atoms with van der Waals surface area (Å²) >= 11 is 0. The predicted octanol–water partition coefficient (Wildman–Crippen LogP) is 9.30. The van der Waals surface area contributed by atoms with Gasteiger partial charge in [0.1, 0.15) is 7.05 Å². The fourth-order valence-corrected chi connectivity index (χ4v) is 6.93. The maximum Gasteiger partial charge on any atom is 0.224 e. The van der Waals surface area contributed by atoms with E-state index >= 15 is 0 Å². The lowest BCUT2D eigenvalue weighted by Gasteiger charge is -2.24. The van der Waals surface area contributed by atoms with Gasteiger partial charge in [-0.3, -0.25) is 0 Å². The van der Waals surface area contributed by atoms with Gasteiger partial charge < -0.3 is 4.40 Å². The number of aryl methyl sites for hydroxylation is 3. The highest BCUT2D eigenvalue weighted by Crippen LogP contribution is 2.45. The Kier molecular flexibility index (Phi) is 4.75. The van der Waals surface area contributed by atoms with Crippen molar-refractivity contribution in [3.63, 3.8) is 0 Å². The number of aromatic nitrogens is 2. The minimum absolute atomic E-state index is 0.150. The van der Waals surface area contributed by atoms with Crippen molar-refractivity contribution in [2.24, 2.45) is 12.5 Å². The average molecular weight is 498 g/mol. The van der Waals surface area contributed by atoms with Crippen LogP contribution in [0.15, 0.2) is 60.8 Å². The zero-order valence-electron chi connectivity index (χ0n) is 24.0. The normalized spacial score (nSPS) is 13.1. The van der Waals surface area contributed by atoms with E-state index < -0.39 is 0 Å². The van der Waals surface area contributed by atoms with Gasteiger partial charge in [0.2, 0.25) is 5.52 Å². The molecule has 0 saturated heterocycles. The lowest BCUT2D eigenvalue weighted by molar-refractivity contribution is -0.643. The first-order valence-corrected chi connectivity index (χ1v) is 14.0. The molecular weight excluding hydrogens is 460 g/mol. The summed E-state index contributed by atoms with van der Waals surface area (Å²) in [7, 11) is 2.22. The standard InChI is InChI=1S/C36H37N2/c1-20(2)24-11-13-26-27-14-10-23-15-16-37(8)35-31-22(4)28-17-21(3)9-12-25(28)29(19-36(5,6)7)34(31)38(30(26)18-24)33(27)32(23)35/h9-18,20H,19H2,1-8H3/q+1. The molecule has 0 N–H and O–H groups in total. The lowest BCUT2D eigenvalue weighted by Crippen LogP contribution is -2.29. The molecule has 190 valence electrons. The van der Waals surface area contributed by atoms with Crippen LogP contribution in [0.4, 0.5) is 0 Å². The largest absolute Gasteiger partial charge is 0.307 e. The van der Waals surface area contributed by atoms with Gasteiger partial charge in [0, 0.05) is 16.8 Å². The monoisotopic (exact) mass is 497 g/mol. The van der Waals surface area contributed by atoms with E-state index in [0.717, 1.165) is 6.42 Å². The number of benzene rings is 4. The number of hydrogen-bond acceptors (Lipinski definition) is 0. The third-order valence-electron chi connectivity index (χ3n) is 8.69. The van der Waals surface area contributed by atoms with Gasteiger partial charge in [0.05, 0.1) is 27.3 Å². The van der Waals surface area contributed by atoms with Crippen LogP contribution in [0.5, 0.6) is 0 Å². The van der Waals surface area contributed by atoms with Crippen molar-refractivity contribution in [1.82, 2.24) is 4.40 Å². The van der Waals surface area contributed by atoms with Crippen molar-refractivity contribution < 1.29 is 4.57 Å².